The van der Waals surface area contributed by atoms with Gasteiger partial charge in [0.15, 0.2) is 0 Å². The number of carbonyl (C=O) groups is 2. The Balaban J connectivity index is 2.96. The maximum atomic E-state index is 13.9. The lowest BCUT2D eigenvalue weighted by Gasteiger charge is -2.22. The van der Waals surface area contributed by atoms with E-state index in [1.165, 1.54) is 6.07 Å². The van der Waals surface area contributed by atoms with E-state index in [2.05, 4.69) is 31.6 Å². The van der Waals surface area contributed by atoms with Crippen molar-refractivity contribution in [2.75, 3.05) is 0 Å². The first-order chi connectivity index (χ1) is 12.2. The Morgan fingerprint density at radius 3 is 1.96 bits per heavy atom. The highest BCUT2D eigenvalue weighted by molar-refractivity contribution is 9.10. The Bertz CT molecular complexity index is 692. The van der Waals surface area contributed by atoms with Crippen molar-refractivity contribution in [2.24, 2.45) is 4.99 Å². The molecular weight excluding hydrogens is 421 g/mol. The van der Waals surface area contributed by atoms with Gasteiger partial charge in [0.1, 0.15) is 17.0 Å². The number of guanidine groups is 1. The number of hydrogen-bond donors (Lipinski definition) is 2. The molecule has 0 aliphatic heterocycles. The van der Waals surface area contributed by atoms with Gasteiger partial charge in [-0.05, 0) is 59.7 Å². The van der Waals surface area contributed by atoms with Gasteiger partial charge in [-0.25, -0.2) is 19.0 Å². The zero-order chi connectivity index (χ0) is 20.8. The molecule has 0 spiro atoms. The van der Waals surface area contributed by atoms with Crippen LogP contribution in [0.3, 0.4) is 0 Å². The van der Waals surface area contributed by atoms with E-state index in [0.29, 0.717) is 4.47 Å². The predicted molar refractivity (Wildman–Crippen MR) is 104 cm³/mol. The second-order valence-electron chi connectivity index (χ2n) is 7.65. The fourth-order valence-corrected chi connectivity index (χ4v) is 2.15. The number of aliphatic imine (C=N–C) groups is 1. The maximum absolute atomic E-state index is 13.9. The summed E-state index contributed by atoms with van der Waals surface area (Å²) in [6.45, 7) is 10.1. The zero-order valence-corrected chi connectivity index (χ0v) is 17.9. The Hall–Kier alpha value is -2.16. The number of carbonyl (C=O) groups excluding carboxylic acids is 2. The summed E-state index contributed by atoms with van der Waals surface area (Å²) in [7, 11) is 0. The van der Waals surface area contributed by atoms with Gasteiger partial charge in [0.05, 0.1) is 6.54 Å². The van der Waals surface area contributed by atoms with Crippen LogP contribution in [0.4, 0.5) is 14.0 Å². The third-order valence-corrected chi connectivity index (χ3v) is 3.15. The fraction of sp³-hybridized carbons (Fsp3) is 0.500. The van der Waals surface area contributed by atoms with Crippen LogP contribution in [0.1, 0.15) is 47.1 Å². The van der Waals surface area contributed by atoms with Crippen molar-refractivity contribution in [3.05, 3.63) is 34.1 Å². The topological polar surface area (TPSA) is 89.0 Å². The molecule has 2 amide bonds. The first-order valence-electron chi connectivity index (χ1n) is 8.23. The number of rotatable bonds is 2. The molecule has 0 radical (unpaired) electrons. The van der Waals surface area contributed by atoms with Crippen LogP contribution in [0.25, 0.3) is 0 Å². The van der Waals surface area contributed by atoms with Crippen molar-refractivity contribution in [2.45, 2.75) is 59.3 Å². The van der Waals surface area contributed by atoms with Gasteiger partial charge in [0.2, 0.25) is 5.96 Å². The number of ether oxygens (including phenoxy) is 2. The molecule has 150 valence electrons. The zero-order valence-electron chi connectivity index (χ0n) is 16.3. The molecule has 1 aromatic carbocycles. The summed E-state index contributed by atoms with van der Waals surface area (Å²) in [4.78, 5) is 28.0. The minimum atomic E-state index is -0.813. The van der Waals surface area contributed by atoms with Crippen LogP contribution in [-0.2, 0) is 16.0 Å². The molecule has 0 aliphatic carbocycles. The minimum Gasteiger partial charge on any atom is -0.444 e. The van der Waals surface area contributed by atoms with Crippen LogP contribution < -0.4 is 10.6 Å². The molecule has 1 rings (SSSR count). The van der Waals surface area contributed by atoms with Gasteiger partial charge in [-0.3, -0.25) is 10.6 Å². The van der Waals surface area contributed by atoms with Crippen molar-refractivity contribution >= 4 is 34.1 Å². The molecule has 27 heavy (non-hydrogen) atoms. The Morgan fingerprint density at radius 2 is 1.52 bits per heavy atom. The van der Waals surface area contributed by atoms with E-state index in [1.54, 1.807) is 53.7 Å². The van der Waals surface area contributed by atoms with Crippen LogP contribution in [0.2, 0.25) is 0 Å². The van der Waals surface area contributed by atoms with E-state index in [4.69, 9.17) is 9.47 Å². The highest BCUT2D eigenvalue weighted by Crippen LogP contribution is 2.16. The Kier molecular flexibility index (Phi) is 7.77. The van der Waals surface area contributed by atoms with Crippen LogP contribution in [0.5, 0.6) is 0 Å². The van der Waals surface area contributed by atoms with Gasteiger partial charge >= 0.3 is 12.2 Å². The standard InChI is InChI=1S/C18H25BrFN3O4/c1-17(2,3)26-15(24)22-14(23-16(25)27-18(4,5)6)21-10-11-9-12(19)7-8-13(11)20/h7-9H,10H2,1-6H3,(H2,21,22,23,24,25). The molecule has 0 heterocycles. The first kappa shape index (κ1) is 22.9. The number of hydrogen-bond acceptors (Lipinski definition) is 5. The van der Waals surface area contributed by atoms with Gasteiger partial charge in [-0.15, -0.1) is 0 Å². The Morgan fingerprint density at radius 1 is 1.04 bits per heavy atom. The normalized spacial score (nSPS) is 11.4. The van der Waals surface area contributed by atoms with Crippen molar-refractivity contribution in [3.8, 4) is 0 Å². The second-order valence-corrected chi connectivity index (χ2v) is 8.57. The van der Waals surface area contributed by atoms with E-state index in [1.807, 2.05) is 0 Å². The smallest absolute Gasteiger partial charge is 0.414 e. The molecule has 7 nitrogen and oxygen atoms in total. The molecule has 0 atom stereocenters. The number of alkyl carbamates (subject to hydrolysis) is 2. The predicted octanol–water partition coefficient (Wildman–Crippen LogP) is 4.49. The molecule has 0 unspecified atom stereocenters. The Labute approximate surface area is 166 Å². The van der Waals surface area contributed by atoms with E-state index in [-0.39, 0.29) is 18.1 Å². The summed E-state index contributed by atoms with van der Waals surface area (Å²) < 4.78 is 24.8. The molecule has 0 aliphatic rings. The quantitative estimate of drug-likeness (QED) is 0.518. The molecule has 0 saturated heterocycles. The van der Waals surface area contributed by atoms with Gasteiger partial charge in [0, 0.05) is 10.0 Å². The third kappa shape index (κ3) is 9.93. The average Bonchev–Trinajstić information content (AvgIpc) is 2.43. The van der Waals surface area contributed by atoms with E-state index >= 15 is 0 Å². The summed E-state index contributed by atoms with van der Waals surface area (Å²) in [5, 5.41) is 4.67. The molecule has 2 N–H and O–H groups in total. The molecule has 9 heteroatoms. The highest BCUT2D eigenvalue weighted by Gasteiger charge is 2.21. The summed E-state index contributed by atoms with van der Waals surface area (Å²) in [6, 6.07) is 4.40. The molecule has 0 bridgehead atoms. The number of benzene rings is 1. The van der Waals surface area contributed by atoms with Crippen molar-refractivity contribution in [1.29, 1.82) is 0 Å². The van der Waals surface area contributed by atoms with Crippen LogP contribution >= 0.6 is 15.9 Å². The van der Waals surface area contributed by atoms with Gasteiger partial charge in [-0.2, -0.15) is 0 Å². The minimum absolute atomic E-state index is 0.119. The van der Waals surface area contributed by atoms with Gasteiger partial charge in [0.25, 0.3) is 0 Å². The summed E-state index contributed by atoms with van der Waals surface area (Å²) in [5.41, 5.74) is -1.20. The number of nitrogens with one attached hydrogen (secondary N) is 2. The molecular formula is C18H25BrFN3O4. The van der Waals surface area contributed by atoms with E-state index in [0.717, 1.165) is 0 Å². The van der Waals surface area contributed by atoms with E-state index in [9.17, 15) is 14.0 Å². The van der Waals surface area contributed by atoms with Gasteiger partial charge < -0.3 is 9.47 Å². The third-order valence-electron chi connectivity index (χ3n) is 2.65. The fourth-order valence-electron chi connectivity index (χ4n) is 1.74. The van der Waals surface area contributed by atoms with E-state index < -0.39 is 29.2 Å². The number of halogens is 2. The molecule has 0 aromatic heterocycles. The molecule has 0 fully saturated rings. The summed E-state index contributed by atoms with van der Waals surface area (Å²) >= 11 is 3.26. The summed E-state index contributed by atoms with van der Waals surface area (Å²) in [5.74, 6) is -0.672. The van der Waals surface area contributed by atoms with Gasteiger partial charge in [-0.1, -0.05) is 15.9 Å². The SMILES string of the molecule is CC(C)(C)OC(=O)NC(=NCc1cc(Br)ccc1F)NC(=O)OC(C)(C)C. The van der Waals surface area contributed by atoms with Crippen molar-refractivity contribution in [3.63, 3.8) is 0 Å². The second kappa shape index (κ2) is 9.16. The average molecular weight is 446 g/mol. The van der Waals surface area contributed by atoms with Crippen LogP contribution in [0.15, 0.2) is 27.7 Å². The van der Waals surface area contributed by atoms with Crippen molar-refractivity contribution in [1.82, 2.24) is 10.6 Å². The molecule has 1 aromatic rings. The van der Waals surface area contributed by atoms with Crippen LogP contribution in [0, 0.1) is 5.82 Å². The lowest BCUT2D eigenvalue weighted by Crippen LogP contribution is -2.47. The maximum Gasteiger partial charge on any atom is 0.414 e. The number of amides is 2. The monoisotopic (exact) mass is 445 g/mol. The molecule has 0 saturated carbocycles. The van der Waals surface area contributed by atoms with Crippen LogP contribution in [-0.4, -0.2) is 29.3 Å². The lowest BCUT2D eigenvalue weighted by molar-refractivity contribution is 0.0545. The van der Waals surface area contributed by atoms with Crippen molar-refractivity contribution < 1.29 is 23.5 Å². The lowest BCUT2D eigenvalue weighted by atomic mass is 10.2. The highest BCUT2D eigenvalue weighted by atomic mass is 79.9. The first-order valence-corrected chi connectivity index (χ1v) is 9.03. The summed E-state index contributed by atoms with van der Waals surface area (Å²) in [6.07, 6.45) is -1.63. The largest absolute Gasteiger partial charge is 0.444 e. The number of nitrogens with zero attached hydrogens (tertiary/aromatic N) is 1.